The minimum absolute atomic E-state index is 0.0362. The van der Waals surface area contributed by atoms with Gasteiger partial charge in [-0.3, -0.25) is 29.6 Å². The molecule has 6 aliphatic rings. The summed E-state index contributed by atoms with van der Waals surface area (Å²) in [5, 5.41) is 18.0. The van der Waals surface area contributed by atoms with Crippen LogP contribution in [0.5, 0.6) is 11.8 Å². The average Bonchev–Trinajstić information content (AvgIpc) is 3.95. The number of fused-ring (bicyclic) bond motifs is 4. The molecule has 3 aromatic carbocycles. The number of hydrogen-bond acceptors (Lipinski definition) is 14. The van der Waals surface area contributed by atoms with Crippen molar-refractivity contribution in [3.8, 4) is 35.4 Å². The maximum absolute atomic E-state index is 17.1. The normalized spacial score (nSPS) is 22.1. The molecule has 0 saturated carbocycles. The van der Waals surface area contributed by atoms with Crippen LogP contribution in [0.25, 0.3) is 32.9 Å². The summed E-state index contributed by atoms with van der Waals surface area (Å²) < 4.78 is 38.4. The molecule has 3 amide bonds. The highest BCUT2D eigenvalue weighted by Crippen LogP contribution is 2.41. The number of carbonyl (C=O) groups excluding carboxylic acids is 3. The number of amides is 3. The topological polar surface area (TPSA) is 163 Å². The van der Waals surface area contributed by atoms with Crippen molar-refractivity contribution in [2.75, 3.05) is 98.7 Å². The van der Waals surface area contributed by atoms with E-state index in [1.165, 1.54) is 43.5 Å². The van der Waals surface area contributed by atoms with E-state index in [0.717, 1.165) is 114 Å². The predicted octanol–water partition coefficient (Wildman–Crippen LogP) is 7.47. The van der Waals surface area contributed by atoms with Gasteiger partial charge in [0.1, 0.15) is 41.2 Å². The SMILES string of the molecule is C#Cc1c(F)ccc2cc(O)cc(-c3ncc4c(N5CC6CCC(C5)N6)nc(OCCN5CCC(CN6CCC(CC7CCN(c8ccc(N(C)C9CCC(=O)NC9=O)c(N(C=O)C(C)C)c8)CC7)CC6)CC5)nc4c3F)c12. The Morgan fingerprint density at radius 3 is 2.26 bits per heavy atom. The lowest BCUT2D eigenvalue weighted by Gasteiger charge is -2.40. The number of rotatable bonds is 16. The number of phenols is 1. The van der Waals surface area contributed by atoms with Crippen LogP contribution in [0.4, 0.5) is 31.7 Å². The Bertz CT molecular complexity index is 3080. The van der Waals surface area contributed by atoms with Gasteiger partial charge < -0.3 is 39.7 Å². The van der Waals surface area contributed by atoms with Crippen molar-refractivity contribution in [1.29, 1.82) is 0 Å². The van der Waals surface area contributed by atoms with E-state index in [-0.39, 0.29) is 63.8 Å². The molecule has 6 saturated heterocycles. The largest absolute Gasteiger partial charge is 0.508 e. The summed E-state index contributed by atoms with van der Waals surface area (Å²) in [6, 6.07) is 11.9. The van der Waals surface area contributed by atoms with Gasteiger partial charge in [-0.1, -0.05) is 12.0 Å². The van der Waals surface area contributed by atoms with E-state index in [1.807, 2.05) is 31.9 Å². The predicted molar refractivity (Wildman–Crippen MR) is 300 cm³/mol. The number of piperazine rings is 1. The second kappa shape index (κ2) is 23.0. The van der Waals surface area contributed by atoms with Crippen LogP contribution in [0, 0.1) is 41.7 Å². The Hall–Kier alpha value is -6.68. The molecule has 0 radical (unpaired) electrons. The number of hydrogen-bond donors (Lipinski definition) is 3. The fraction of sp³-hybridized carbons (Fsp3) is 0.533. The zero-order valence-corrected chi connectivity index (χ0v) is 45.2. The van der Waals surface area contributed by atoms with E-state index < -0.39 is 17.7 Å². The standard InChI is InChI=1S/C60H73F2N11O5/c1-5-46-49(61)10-6-41-29-45(75)31-47(54(41)46)56-55(62)57-48(32-63-56)58(72-34-42-7-8-43(35-72)64-42)67-60(66-57)78-27-26-69-20-16-40(17-21-69)33-70-22-14-38(15-23-70)28-39-18-24-71(25-19-39)44-9-11-50(52(30-44)73(36-74)37(2)3)68(4)51-12-13-53(76)65-59(51)77/h1,6,9-11,29-32,36-40,42-43,51,64,75H,7-8,12-28,33-35H2,2-4H3,(H,65,76,77). The van der Waals surface area contributed by atoms with Crippen LogP contribution in [-0.4, -0.2) is 151 Å². The first kappa shape index (κ1) is 53.3. The van der Waals surface area contributed by atoms with Gasteiger partial charge >= 0.3 is 6.01 Å². The third kappa shape index (κ3) is 11.2. The fourth-order valence-electron chi connectivity index (χ4n) is 13.5. The molecule has 18 heteroatoms. The van der Waals surface area contributed by atoms with Crippen LogP contribution in [0.3, 0.4) is 0 Å². The molecule has 0 spiro atoms. The van der Waals surface area contributed by atoms with Gasteiger partial charge in [0, 0.05) is 93.7 Å². The smallest absolute Gasteiger partial charge is 0.319 e. The van der Waals surface area contributed by atoms with E-state index in [4.69, 9.17) is 16.1 Å². The zero-order chi connectivity index (χ0) is 54.2. The number of imide groups is 1. The van der Waals surface area contributed by atoms with Gasteiger partial charge in [-0.15, -0.1) is 6.42 Å². The number of nitrogens with one attached hydrogen (secondary N) is 2. The van der Waals surface area contributed by atoms with Crippen LogP contribution < -0.4 is 35.0 Å². The number of ether oxygens (including phenoxy) is 1. The number of likely N-dealkylation sites (tertiary alicyclic amines) is 2. The molecule has 5 aromatic rings. The molecule has 11 rings (SSSR count). The number of aromatic nitrogens is 3. The summed E-state index contributed by atoms with van der Waals surface area (Å²) in [6.45, 7) is 13.8. The highest BCUT2D eigenvalue weighted by atomic mass is 19.1. The summed E-state index contributed by atoms with van der Waals surface area (Å²) in [5.74, 6) is 3.04. The van der Waals surface area contributed by atoms with Crippen molar-refractivity contribution in [3.63, 3.8) is 0 Å². The van der Waals surface area contributed by atoms with Gasteiger partial charge in [-0.05, 0) is 164 Å². The number of aromatic hydroxyl groups is 1. The molecule has 6 fully saturated rings. The first-order valence-electron chi connectivity index (χ1n) is 28.4. The second-order valence-electron chi connectivity index (χ2n) is 23.1. The number of piperidine rings is 4. The molecule has 3 atom stereocenters. The van der Waals surface area contributed by atoms with Crippen molar-refractivity contribution in [3.05, 3.63) is 65.9 Å². The summed E-state index contributed by atoms with van der Waals surface area (Å²) in [6.07, 6.45) is 19.3. The third-order valence-corrected chi connectivity index (χ3v) is 17.8. The number of phenolic OH excluding ortho intramolecular Hbond substituents is 1. The quantitative estimate of drug-likeness (QED) is 0.0507. The Balaban J connectivity index is 0.661. The highest BCUT2D eigenvalue weighted by molar-refractivity contribution is 6.04. The number of pyridine rings is 1. The third-order valence-electron chi connectivity index (χ3n) is 17.8. The summed E-state index contributed by atoms with van der Waals surface area (Å²) in [4.78, 5) is 64.6. The summed E-state index contributed by atoms with van der Waals surface area (Å²) in [7, 11) is 1.87. The lowest BCUT2D eigenvalue weighted by molar-refractivity contribution is -0.134. The molecule has 3 unspecified atom stereocenters. The maximum atomic E-state index is 17.1. The first-order valence-corrected chi connectivity index (χ1v) is 28.4. The van der Waals surface area contributed by atoms with Crippen molar-refractivity contribution in [2.24, 2.45) is 17.8 Å². The minimum Gasteiger partial charge on any atom is -0.508 e. The summed E-state index contributed by atoms with van der Waals surface area (Å²) in [5.41, 5.74) is 2.72. The van der Waals surface area contributed by atoms with Gasteiger partial charge in [0.2, 0.25) is 18.2 Å². The second-order valence-corrected chi connectivity index (χ2v) is 23.1. The van der Waals surface area contributed by atoms with Gasteiger partial charge in [-0.25, -0.2) is 8.78 Å². The number of benzene rings is 3. The number of anilines is 4. The molecule has 16 nitrogen and oxygen atoms in total. The molecular formula is C60H73F2N11O5. The number of terminal acetylenes is 1. The van der Waals surface area contributed by atoms with E-state index in [9.17, 15) is 19.5 Å². The van der Waals surface area contributed by atoms with Crippen LogP contribution in [-0.2, 0) is 14.4 Å². The van der Waals surface area contributed by atoms with Crippen LogP contribution >= 0.6 is 0 Å². The number of nitrogens with zero attached hydrogens (tertiary/aromatic N) is 9. The van der Waals surface area contributed by atoms with E-state index >= 15 is 8.78 Å². The van der Waals surface area contributed by atoms with Crippen molar-refractivity contribution in [2.45, 2.75) is 109 Å². The fourth-order valence-corrected chi connectivity index (χ4v) is 13.5. The monoisotopic (exact) mass is 1070 g/mol. The van der Waals surface area contributed by atoms with Crippen molar-refractivity contribution >= 4 is 62.8 Å². The summed E-state index contributed by atoms with van der Waals surface area (Å²) >= 11 is 0. The maximum Gasteiger partial charge on any atom is 0.319 e. The highest BCUT2D eigenvalue weighted by Gasteiger charge is 2.36. The van der Waals surface area contributed by atoms with E-state index in [1.54, 1.807) is 11.1 Å². The Labute approximate surface area is 455 Å². The Morgan fingerprint density at radius 2 is 1.56 bits per heavy atom. The van der Waals surface area contributed by atoms with Crippen molar-refractivity contribution < 1.29 is 33.0 Å². The van der Waals surface area contributed by atoms with Gasteiger partial charge in [0.05, 0.1) is 22.3 Å². The van der Waals surface area contributed by atoms with E-state index in [2.05, 4.69) is 58.3 Å². The molecular weight excluding hydrogens is 993 g/mol. The molecule has 412 valence electrons. The minimum atomic E-state index is -0.730. The van der Waals surface area contributed by atoms with Crippen LogP contribution in [0.15, 0.2) is 48.7 Å². The lowest BCUT2D eigenvalue weighted by Crippen LogP contribution is -2.51. The van der Waals surface area contributed by atoms with Gasteiger partial charge in [-0.2, -0.15) is 9.97 Å². The van der Waals surface area contributed by atoms with Gasteiger partial charge in [0.25, 0.3) is 0 Å². The lowest BCUT2D eigenvalue weighted by atomic mass is 9.82. The van der Waals surface area contributed by atoms with Crippen LogP contribution in [0.1, 0.15) is 90.0 Å². The first-order chi connectivity index (χ1) is 37.8. The van der Waals surface area contributed by atoms with Gasteiger partial charge in [0.15, 0.2) is 5.82 Å². The molecule has 3 N–H and O–H groups in total. The Morgan fingerprint density at radius 1 is 0.859 bits per heavy atom. The van der Waals surface area contributed by atoms with E-state index in [0.29, 0.717) is 73.2 Å². The molecule has 2 aromatic heterocycles. The molecule has 78 heavy (non-hydrogen) atoms. The Kier molecular flexibility index (Phi) is 15.7. The van der Waals surface area contributed by atoms with Crippen molar-refractivity contribution in [1.82, 2.24) is 35.4 Å². The molecule has 2 bridgehead atoms. The number of halogens is 2. The number of carbonyl (C=O) groups is 3. The molecule has 8 heterocycles. The van der Waals surface area contributed by atoms with Crippen LogP contribution in [0.2, 0.25) is 0 Å². The zero-order valence-electron chi connectivity index (χ0n) is 45.2. The average molecular weight is 1070 g/mol. The number of likely N-dealkylation sites (N-methyl/N-ethyl adjacent to an activating group) is 1. The molecule has 6 aliphatic heterocycles. The molecule has 0 aliphatic carbocycles.